The van der Waals surface area contributed by atoms with Gasteiger partial charge in [-0.25, -0.2) is 9.97 Å². The minimum Gasteiger partial charge on any atom is -0.358 e. The normalized spacial score (nSPS) is 10.0. The molecule has 0 saturated heterocycles. The summed E-state index contributed by atoms with van der Waals surface area (Å²) in [5.74, 6) is 1.40. The van der Waals surface area contributed by atoms with Gasteiger partial charge in [0.15, 0.2) is 0 Å². The molecule has 1 N–H and O–H groups in total. The summed E-state index contributed by atoms with van der Waals surface area (Å²) in [7, 11) is 1.62. The van der Waals surface area contributed by atoms with E-state index in [0.717, 1.165) is 17.0 Å². The molecule has 5 nitrogen and oxygen atoms in total. The molecule has 0 saturated carbocycles. The Bertz CT molecular complexity index is 363. The van der Waals surface area contributed by atoms with Gasteiger partial charge in [-0.3, -0.25) is 4.79 Å². The topological polar surface area (TPSA) is 58.1 Å². The van der Waals surface area contributed by atoms with Gasteiger partial charge in [-0.2, -0.15) is 0 Å². The Kier molecular flexibility index (Phi) is 4.67. The molecule has 6 heteroatoms. The molecule has 0 atom stereocenters. The van der Waals surface area contributed by atoms with Crippen molar-refractivity contribution < 1.29 is 4.79 Å². The Morgan fingerprint density at radius 2 is 2.25 bits per heavy atom. The second-order valence-electron chi connectivity index (χ2n) is 3.28. The summed E-state index contributed by atoms with van der Waals surface area (Å²) in [6.07, 6.45) is 0. The number of nitrogens with zero attached hydrogens (tertiary/aromatic N) is 3. The smallest absolute Gasteiger partial charge is 0.239 e. The van der Waals surface area contributed by atoms with Crippen LogP contribution in [0.3, 0.4) is 0 Å². The van der Waals surface area contributed by atoms with Crippen molar-refractivity contribution in [3.05, 3.63) is 16.5 Å². The van der Waals surface area contributed by atoms with Crippen LogP contribution in [-0.4, -0.2) is 36.0 Å². The van der Waals surface area contributed by atoms with Crippen molar-refractivity contribution in [2.45, 2.75) is 13.8 Å². The fraction of sp³-hybridized carbons (Fsp3) is 0.500. The number of anilines is 1. The van der Waals surface area contributed by atoms with Crippen LogP contribution in [0.15, 0.2) is 10.7 Å². The third-order valence-electron chi connectivity index (χ3n) is 2.11. The van der Waals surface area contributed by atoms with Crippen LogP contribution >= 0.6 is 15.9 Å². The van der Waals surface area contributed by atoms with Gasteiger partial charge in [0.25, 0.3) is 0 Å². The number of nitrogens with one attached hydrogen (secondary N) is 1. The number of likely N-dealkylation sites (N-methyl/N-ethyl adjacent to an activating group) is 2. The molecular formula is C10H15BrN4O. The lowest BCUT2D eigenvalue weighted by atomic mass is 10.4. The van der Waals surface area contributed by atoms with Crippen LogP contribution in [0.2, 0.25) is 0 Å². The Morgan fingerprint density at radius 1 is 1.56 bits per heavy atom. The molecular weight excluding hydrogens is 272 g/mol. The molecule has 1 rings (SSSR count). The third-order valence-corrected chi connectivity index (χ3v) is 2.52. The summed E-state index contributed by atoms with van der Waals surface area (Å²) in [6.45, 7) is 4.82. The number of halogens is 1. The number of carbonyl (C=O) groups is 1. The zero-order valence-corrected chi connectivity index (χ0v) is 11.2. The fourth-order valence-corrected chi connectivity index (χ4v) is 1.75. The molecule has 0 unspecified atom stereocenters. The van der Waals surface area contributed by atoms with Crippen LogP contribution in [0.1, 0.15) is 12.7 Å². The van der Waals surface area contributed by atoms with Crippen molar-refractivity contribution in [3.8, 4) is 0 Å². The summed E-state index contributed by atoms with van der Waals surface area (Å²) in [6, 6.07) is 1.80. The zero-order valence-electron chi connectivity index (χ0n) is 9.62. The number of hydrogen-bond acceptors (Lipinski definition) is 4. The first-order chi connectivity index (χ1) is 7.56. The highest BCUT2D eigenvalue weighted by atomic mass is 79.9. The van der Waals surface area contributed by atoms with Crippen molar-refractivity contribution in [2.24, 2.45) is 0 Å². The minimum absolute atomic E-state index is 0.0331. The monoisotopic (exact) mass is 286 g/mol. The van der Waals surface area contributed by atoms with Crippen LogP contribution in [0.4, 0.5) is 5.82 Å². The van der Waals surface area contributed by atoms with Crippen molar-refractivity contribution in [2.75, 3.05) is 25.0 Å². The molecule has 88 valence electrons. The summed E-state index contributed by atoms with van der Waals surface area (Å²) < 4.78 is 0.727. The van der Waals surface area contributed by atoms with Gasteiger partial charge in [0.1, 0.15) is 16.2 Å². The number of rotatable bonds is 4. The van der Waals surface area contributed by atoms with E-state index in [1.54, 1.807) is 13.1 Å². The molecule has 0 aliphatic heterocycles. The number of aryl methyl sites for hydroxylation is 1. The maximum atomic E-state index is 11.3. The summed E-state index contributed by atoms with van der Waals surface area (Å²) in [5, 5.41) is 2.59. The molecule has 0 aliphatic carbocycles. The van der Waals surface area contributed by atoms with E-state index in [0.29, 0.717) is 12.4 Å². The highest BCUT2D eigenvalue weighted by Gasteiger charge is 2.11. The van der Waals surface area contributed by atoms with Gasteiger partial charge < -0.3 is 10.2 Å². The highest BCUT2D eigenvalue weighted by Crippen LogP contribution is 2.15. The summed E-state index contributed by atoms with van der Waals surface area (Å²) in [4.78, 5) is 21.6. The van der Waals surface area contributed by atoms with E-state index in [4.69, 9.17) is 0 Å². The average Bonchev–Trinajstić information content (AvgIpc) is 2.24. The minimum atomic E-state index is -0.0331. The molecule has 1 aromatic heterocycles. The van der Waals surface area contributed by atoms with Crippen LogP contribution in [0, 0.1) is 6.92 Å². The van der Waals surface area contributed by atoms with Gasteiger partial charge in [-0.1, -0.05) is 0 Å². The third kappa shape index (κ3) is 3.44. The Morgan fingerprint density at radius 3 is 2.75 bits per heavy atom. The van der Waals surface area contributed by atoms with Crippen LogP contribution in [-0.2, 0) is 4.79 Å². The van der Waals surface area contributed by atoms with Crippen molar-refractivity contribution in [1.82, 2.24) is 15.3 Å². The maximum absolute atomic E-state index is 11.3. The van der Waals surface area contributed by atoms with E-state index < -0.39 is 0 Å². The van der Waals surface area contributed by atoms with Gasteiger partial charge >= 0.3 is 0 Å². The van der Waals surface area contributed by atoms with Gasteiger partial charge in [-0.05, 0) is 29.8 Å². The first-order valence-electron chi connectivity index (χ1n) is 5.03. The largest absolute Gasteiger partial charge is 0.358 e. The fourth-order valence-electron chi connectivity index (χ4n) is 1.29. The van der Waals surface area contributed by atoms with Crippen molar-refractivity contribution in [3.63, 3.8) is 0 Å². The average molecular weight is 287 g/mol. The van der Waals surface area contributed by atoms with Gasteiger partial charge in [0, 0.05) is 19.7 Å². The van der Waals surface area contributed by atoms with Gasteiger partial charge in [0.05, 0.1) is 6.54 Å². The lowest BCUT2D eigenvalue weighted by molar-refractivity contribution is -0.119. The molecule has 0 bridgehead atoms. The standard InChI is InChI=1S/C10H15BrN4O/c1-4-15(6-10(16)12-3)9-5-8(11)13-7(2)14-9/h5H,4,6H2,1-3H3,(H,12,16). The van der Waals surface area contributed by atoms with E-state index in [1.165, 1.54) is 0 Å². The predicted molar refractivity (Wildman–Crippen MR) is 66.4 cm³/mol. The summed E-state index contributed by atoms with van der Waals surface area (Å²) in [5.41, 5.74) is 0. The van der Waals surface area contributed by atoms with Crippen molar-refractivity contribution in [1.29, 1.82) is 0 Å². The maximum Gasteiger partial charge on any atom is 0.239 e. The predicted octanol–water partition coefficient (Wildman–Crippen LogP) is 1.12. The zero-order chi connectivity index (χ0) is 12.1. The molecule has 0 radical (unpaired) electrons. The number of aromatic nitrogens is 2. The quantitative estimate of drug-likeness (QED) is 0.843. The van der Waals surface area contributed by atoms with Gasteiger partial charge in [-0.15, -0.1) is 0 Å². The van der Waals surface area contributed by atoms with E-state index in [-0.39, 0.29) is 5.91 Å². The van der Waals surface area contributed by atoms with Crippen LogP contribution in [0.5, 0.6) is 0 Å². The number of hydrogen-bond donors (Lipinski definition) is 1. The molecule has 1 heterocycles. The first-order valence-corrected chi connectivity index (χ1v) is 5.82. The second-order valence-corrected chi connectivity index (χ2v) is 4.10. The number of carbonyl (C=O) groups excluding carboxylic acids is 1. The van der Waals surface area contributed by atoms with E-state index >= 15 is 0 Å². The number of amides is 1. The Balaban J connectivity index is 2.90. The Hall–Kier alpha value is -1.17. The lowest BCUT2D eigenvalue weighted by Gasteiger charge is -2.21. The lowest BCUT2D eigenvalue weighted by Crippen LogP contribution is -2.36. The van der Waals surface area contributed by atoms with Crippen LogP contribution < -0.4 is 10.2 Å². The molecule has 1 amide bonds. The molecule has 16 heavy (non-hydrogen) atoms. The van der Waals surface area contributed by atoms with E-state index in [2.05, 4.69) is 31.2 Å². The van der Waals surface area contributed by atoms with Gasteiger partial charge in [0.2, 0.25) is 5.91 Å². The molecule has 0 fully saturated rings. The molecule has 0 aromatic carbocycles. The summed E-state index contributed by atoms with van der Waals surface area (Å²) >= 11 is 3.32. The van der Waals surface area contributed by atoms with Crippen molar-refractivity contribution >= 4 is 27.7 Å². The molecule has 1 aromatic rings. The Labute approximate surface area is 103 Å². The molecule has 0 aliphatic rings. The van der Waals surface area contributed by atoms with E-state index in [1.807, 2.05) is 18.7 Å². The first kappa shape index (κ1) is 12.9. The highest BCUT2D eigenvalue weighted by molar-refractivity contribution is 9.10. The van der Waals surface area contributed by atoms with Crippen LogP contribution in [0.25, 0.3) is 0 Å². The van der Waals surface area contributed by atoms with E-state index in [9.17, 15) is 4.79 Å². The molecule has 0 spiro atoms. The second kappa shape index (κ2) is 5.79. The SMILES string of the molecule is CCN(CC(=O)NC)c1cc(Br)nc(C)n1.